The van der Waals surface area contributed by atoms with Gasteiger partial charge < -0.3 is 4.90 Å². The summed E-state index contributed by atoms with van der Waals surface area (Å²) in [7, 11) is 0. The fourth-order valence-electron chi connectivity index (χ4n) is 2.81. The molecular formula is C17H13N. The molecule has 4 rings (SSSR count). The van der Waals surface area contributed by atoms with Crippen LogP contribution in [-0.2, 0) is 0 Å². The summed E-state index contributed by atoms with van der Waals surface area (Å²) >= 11 is 0. The van der Waals surface area contributed by atoms with Gasteiger partial charge in [0.1, 0.15) is 0 Å². The number of fused-ring (bicyclic) bond motifs is 4. The summed E-state index contributed by atoms with van der Waals surface area (Å²) in [6.07, 6.45) is 10.9. The third-order valence-electron chi connectivity index (χ3n) is 3.68. The first-order valence-corrected chi connectivity index (χ1v) is 6.27. The Labute approximate surface area is 106 Å². The van der Waals surface area contributed by atoms with Crippen molar-refractivity contribution < 1.29 is 0 Å². The van der Waals surface area contributed by atoms with Crippen LogP contribution in [0.5, 0.6) is 0 Å². The van der Waals surface area contributed by atoms with Crippen molar-refractivity contribution in [2.75, 3.05) is 6.54 Å². The van der Waals surface area contributed by atoms with Crippen molar-refractivity contribution in [2.45, 2.75) is 0 Å². The number of nitrogens with zero attached hydrogens (tertiary/aromatic N) is 1. The summed E-state index contributed by atoms with van der Waals surface area (Å²) in [6.45, 7) is 0.956. The standard InChI is InChI=1S/C17H13N/c1-2-6-14-13(5-1)8-9-16-15(14)10-12-18-11-4-3-7-17(16)18/h1-11H,12H2. The Kier molecular flexibility index (Phi) is 1.95. The van der Waals surface area contributed by atoms with Crippen LogP contribution < -0.4 is 10.4 Å². The normalized spacial score (nSPS) is 16.4. The molecule has 0 amide bonds. The average Bonchev–Trinajstić information content (AvgIpc) is 2.46. The summed E-state index contributed by atoms with van der Waals surface area (Å²) < 4.78 is 0. The molecule has 0 radical (unpaired) electrons. The van der Waals surface area contributed by atoms with Gasteiger partial charge in [-0.15, -0.1) is 0 Å². The van der Waals surface area contributed by atoms with E-state index in [-0.39, 0.29) is 0 Å². The van der Waals surface area contributed by atoms with Gasteiger partial charge in [-0.05, 0) is 28.1 Å². The Bertz CT molecular complexity index is 809. The molecule has 0 saturated carbocycles. The second-order valence-electron chi connectivity index (χ2n) is 4.69. The van der Waals surface area contributed by atoms with Gasteiger partial charge in [0.2, 0.25) is 0 Å². The molecule has 0 fully saturated rings. The molecule has 0 atom stereocenters. The Morgan fingerprint density at radius 3 is 2.89 bits per heavy atom. The van der Waals surface area contributed by atoms with Crippen LogP contribution in [0.3, 0.4) is 0 Å². The molecule has 1 nitrogen and oxygen atoms in total. The van der Waals surface area contributed by atoms with Crippen LogP contribution in [0.25, 0.3) is 22.5 Å². The molecule has 0 saturated heterocycles. The Morgan fingerprint density at radius 2 is 1.89 bits per heavy atom. The predicted octanol–water partition coefficient (Wildman–Crippen LogP) is 2.13. The van der Waals surface area contributed by atoms with Crippen molar-refractivity contribution in [3.05, 3.63) is 71.3 Å². The van der Waals surface area contributed by atoms with E-state index >= 15 is 0 Å². The van der Waals surface area contributed by atoms with E-state index in [0.717, 1.165) is 6.54 Å². The smallest absolute Gasteiger partial charge is 0.0488 e. The van der Waals surface area contributed by atoms with Gasteiger partial charge in [-0.25, -0.2) is 0 Å². The van der Waals surface area contributed by atoms with Crippen LogP contribution in [0.2, 0.25) is 0 Å². The molecule has 2 heterocycles. The minimum atomic E-state index is 0.956. The van der Waals surface area contributed by atoms with Gasteiger partial charge in [0, 0.05) is 23.7 Å². The lowest BCUT2D eigenvalue weighted by molar-refractivity contribution is 0.598. The van der Waals surface area contributed by atoms with Crippen molar-refractivity contribution in [1.29, 1.82) is 0 Å². The molecule has 2 aliphatic heterocycles. The van der Waals surface area contributed by atoms with Crippen LogP contribution in [0.15, 0.2) is 60.8 Å². The first-order chi connectivity index (χ1) is 8.93. The van der Waals surface area contributed by atoms with Gasteiger partial charge in [-0.3, -0.25) is 0 Å². The van der Waals surface area contributed by atoms with Crippen LogP contribution in [-0.4, -0.2) is 11.4 Å². The maximum absolute atomic E-state index is 2.32. The molecule has 86 valence electrons. The molecule has 0 aromatic heterocycles. The van der Waals surface area contributed by atoms with Gasteiger partial charge in [-0.2, -0.15) is 0 Å². The summed E-state index contributed by atoms with van der Waals surface area (Å²) in [5.74, 6) is 0. The third kappa shape index (κ3) is 1.28. The second-order valence-corrected chi connectivity index (χ2v) is 4.69. The van der Waals surface area contributed by atoms with Crippen LogP contribution in [0.4, 0.5) is 0 Å². The molecule has 0 N–H and O–H groups in total. The van der Waals surface area contributed by atoms with Crippen molar-refractivity contribution in [3.8, 4) is 0 Å². The maximum atomic E-state index is 2.32. The van der Waals surface area contributed by atoms with Crippen molar-refractivity contribution in [1.82, 2.24) is 4.90 Å². The largest absolute Gasteiger partial charge is 0.344 e. The molecule has 0 spiro atoms. The van der Waals surface area contributed by atoms with E-state index in [0.29, 0.717) is 0 Å². The lowest BCUT2D eigenvalue weighted by Gasteiger charge is -2.25. The molecular weight excluding hydrogens is 218 g/mol. The molecule has 2 aromatic rings. The summed E-state index contributed by atoms with van der Waals surface area (Å²) in [5, 5.41) is 5.38. The highest BCUT2D eigenvalue weighted by Crippen LogP contribution is 2.15. The fraction of sp³-hybridized carbons (Fsp3) is 0.0588. The number of benzene rings is 2. The highest BCUT2D eigenvalue weighted by molar-refractivity contribution is 5.85. The SMILES string of the molecule is C1=CC2=c3ccc4ccccc4c3=CCN2C=C1. The summed E-state index contributed by atoms with van der Waals surface area (Å²) in [6, 6.07) is 13.1. The zero-order valence-corrected chi connectivity index (χ0v) is 10.0. The van der Waals surface area contributed by atoms with E-state index in [2.05, 4.69) is 71.8 Å². The van der Waals surface area contributed by atoms with E-state index in [1.165, 1.54) is 26.9 Å². The number of rotatable bonds is 0. The zero-order chi connectivity index (χ0) is 11.9. The van der Waals surface area contributed by atoms with Crippen LogP contribution in [0, 0.1) is 0 Å². The average molecular weight is 231 g/mol. The Hall–Kier alpha value is -2.28. The number of hydrogen-bond donors (Lipinski definition) is 0. The minimum absolute atomic E-state index is 0.956. The second kappa shape index (κ2) is 3.61. The molecule has 18 heavy (non-hydrogen) atoms. The Morgan fingerprint density at radius 1 is 0.944 bits per heavy atom. The van der Waals surface area contributed by atoms with E-state index in [4.69, 9.17) is 0 Å². The lowest BCUT2D eigenvalue weighted by atomic mass is 10.0. The minimum Gasteiger partial charge on any atom is -0.344 e. The van der Waals surface area contributed by atoms with Gasteiger partial charge in [-0.1, -0.05) is 48.6 Å². The lowest BCUT2D eigenvalue weighted by Crippen LogP contribution is -2.38. The number of hydrogen-bond acceptors (Lipinski definition) is 1. The topological polar surface area (TPSA) is 3.24 Å². The predicted molar refractivity (Wildman–Crippen MR) is 76.1 cm³/mol. The molecule has 0 aliphatic carbocycles. The van der Waals surface area contributed by atoms with Crippen molar-refractivity contribution in [2.24, 2.45) is 0 Å². The van der Waals surface area contributed by atoms with Gasteiger partial charge in [0.15, 0.2) is 0 Å². The van der Waals surface area contributed by atoms with Crippen molar-refractivity contribution >= 4 is 22.5 Å². The van der Waals surface area contributed by atoms with E-state index in [9.17, 15) is 0 Å². The molecule has 1 heteroatoms. The first-order valence-electron chi connectivity index (χ1n) is 6.27. The van der Waals surface area contributed by atoms with Gasteiger partial charge >= 0.3 is 0 Å². The highest BCUT2D eigenvalue weighted by atomic mass is 15.1. The molecule has 2 aromatic carbocycles. The summed E-state index contributed by atoms with van der Waals surface area (Å²) in [5.41, 5.74) is 1.31. The first kappa shape index (κ1) is 9.72. The monoisotopic (exact) mass is 231 g/mol. The van der Waals surface area contributed by atoms with E-state index in [1.54, 1.807) is 0 Å². The third-order valence-corrected chi connectivity index (χ3v) is 3.68. The van der Waals surface area contributed by atoms with E-state index in [1.807, 2.05) is 0 Å². The van der Waals surface area contributed by atoms with Gasteiger partial charge in [0.25, 0.3) is 0 Å². The zero-order valence-electron chi connectivity index (χ0n) is 10.0. The van der Waals surface area contributed by atoms with E-state index < -0.39 is 0 Å². The maximum Gasteiger partial charge on any atom is 0.0488 e. The molecule has 0 bridgehead atoms. The quantitative estimate of drug-likeness (QED) is 0.671. The molecule has 0 unspecified atom stereocenters. The number of allylic oxidation sites excluding steroid dienone is 2. The van der Waals surface area contributed by atoms with Gasteiger partial charge in [0.05, 0.1) is 0 Å². The van der Waals surface area contributed by atoms with Crippen LogP contribution >= 0.6 is 0 Å². The molecule has 2 aliphatic rings. The van der Waals surface area contributed by atoms with Crippen molar-refractivity contribution in [3.63, 3.8) is 0 Å². The van der Waals surface area contributed by atoms with Crippen LogP contribution in [0.1, 0.15) is 0 Å². The Balaban J connectivity index is 2.20. The highest BCUT2D eigenvalue weighted by Gasteiger charge is 2.11. The fourth-order valence-corrected chi connectivity index (χ4v) is 2.81. The summed E-state index contributed by atoms with van der Waals surface area (Å²) in [4.78, 5) is 2.29.